The summed E-state index contributed by atoms with van der Waals surface area (Å²) in [6.45, 7) is 0. The maximum Gasteiger partial charge on any atom is 0.311 e. The Balaban J connectivity index is 1.92. The Labute approximate surface area is 111 Å². The number of rotatable bonds is 2. The van der Waals surface area contributed by atoms with Crippen molar-refractivity contribution in [1.29, 1.82) is 0 Å². The molecule has 0 spiro atoms. The standard InChI is InChI=1S/C15H17FO3/c1-18-15(17)14-12(8-11-6-7-13(14)19-11)9-2-4-10(16)5-3-9/h2-5,11-14H,6-8H2,1H3/t11?,12-,13-,14?/m0/s1. The molecule has 0 saturated carbocycles. The fraction of sp³-hybridized carbons (Fsp3) is 0.533. The van der Waals surface area contributed by atoms with Crippen molar-refractivity contribution in [2.24, 2.45) is 5.92 Å². The summed E-state index contributed by atoms with van der Waals surface area (Å²) in [5.41, 5.74) is 0.997. The van der Waals surface area contributed by atoms with Gasteiger partial charge in [-0.1, -0.05) is 12.1 Å². The van der Waals surface area contributed by atoms with Crippen LogP contribution in [0.1, 0.15) is 30.7 Å². The van der Waals surface area contributed by atoms with Crippen LogP contribution in [0.25, 0.3) is 0 Å². The Kier molecular flexibility index (Phi) is 3.27. The van der Waals surface area contributed by atoms with Crippen LogP contribution in [0.5, 0.6) is 0 Å². The molecule has 102 valence electrons. The molecule has 1 aromatic rings. The summed E-state index contributed by atoms with van der Waals surface area (Å²) in [4.78, 5) is 12.0. The van der Waals surface area contributed by atoms with Crippen LogP contribution >= 0.6 is 0 Å². The van der Waals surface area contributed by atoms with Gasteiger partial charge >= 0.3 is 5.97 Å². The second-order valence-electron chi connectivity index (χ2n) is 5.32. The molecule has 2 bridgehead atoms. The van der Waals surface area contributed by atoms with E-state index in [4.69, 9.17) is 9.47 Å². The first-order chi connectivity index (χ1) is 9.19. The fourth-order valence-corrected chi connectivity index (χ4v) is 3.37. The highest BCUT2D eigenvalue weighted by Crippen LogP contribution is 2.45. The van der Waals surface area contributed by atoms with Crippen molar-refractivity contribution >= 4 is 5.97 Å². The predicted octanol–water partition coefficient (Wildman–Crippen LogP) is 2.65. The number of fused-ring (bicyclic) bond motifs is 2. The van der Waals surface area contributed by atoms with Crippen LogP contribution in [0.15, 0.2) is 24.3 Å². The number of methoxy groups -OCH3 is 1. The molecule has 4 atom stereocenters. The number of esters is 1. The number of hydrogen-bond acceptors (Lipinski definition) is 3. The predicted molar refractivity (Wildman–Crippen MR) is 67.2 cm³/mol. The van der Waals surface area contributed by atoms with Gasteiger partial charge in [0.1, 0.15) is 5.82 Å². The molecule has 2 heterocycles. The quantitative estimate of drug-likeness (QED) is 0.770. The third-order valence-electron chi connectivity index (χ3n) is 4.26. The van der Waals surface area contributed by atoms with E-state index >= 15 is 0 Å². The third kappa shape index (κ3) is 2.25. The van der Waals surface area contributed by atoms with Gasteiger partial charge in [-0.2, -0.15) is 0 Å². The highest BCUT2D eigenvalue weighted by molar-refractivity contribution is 5.74. The van der Waals surface area contributed by atoms with Gasteiger partial charge in [0.25, 0.3) is 0 Å². The molecule has 2 aliphatic rings. The second kappa shape index (κ2) is 4.93. The normalized spacial score (nSPS) is 33.2. The van der Waals surface area contributed by atoms with Gasteiger partial charge in [-0.15, -0.1) is 0 Å². The maximum atomic E-state index is 13.0. The Morgan fingerprint density at radius 1 is 1.32 bits per heavy atom. The van der Waals surface area contributed by atoms with Crippen molar-refractivity contribution in [3.63, 3.8) is 0 Å². The first-order valence-corrected chi connectivity index (χ1v) is 6.68. The number of hydrogen-bond donors (Lipinski definition) is 0. The molecule has 0 N–H and O–H groups in total. The molecule has 3 nitrogen and oxygen atoms in total. The van der Waals surface area contributed by atoms with Gasteiger partial charge in [0.15, 0.2) is 0 Å². The van der Waals surface area contributed by atoms with Crippen molar-refractivity contribution in [3.05, 3.63) is 35.6 Å². The van der Waals surface area contributed by atoms with Crippen LogP contribution in [-0.2, 0) is 14.3 Å². The average molecular weight is 264 g/mol. The van der Waals surface area contributed by atoms with Crippen molar-refractivity contribution in [3.8, 4) is 0 Å². The van der Waals surface area contributed by atoms with E-state index in [-0.39, 0.29) is 35.8 Å². The van der Waals surface area contributed by atoms with E-state index in [2.05, 4.69) is 0 Å². The summed E-state index contributed by atoms with van der Waals surface area (Å²) in [6.07, 6.45) is 2.88. The molecule has 0 aliphatic carbocycles. The van der Waals surface area contributed by atoms with Crippen LogP contribution < -0.4 is 0 Å². The maximum absolute atomic E-state index is 13.0. The van der Waals surface area contributed by atoms with E-state index in [1.54, 1.807) is 12.1 Å². The van der Waals surface area contributed by atoms with Gasteiger partial charge in [-0.25, -0.2) is 4.39 Å². The molecule has 2 unspecified atom stereocenters. The molecule has 2 saturated heterocycles. The Morgan fingerprint density at radius 3 is 2.74 bits per heavy atom. The van der Waals surface area contributed by atoms with Crippen LogP contribution in [0, 0.1) is 11.7 Å². The summed E-state index contributed by atoms with van der Waals surface area (Å²) in [5.74, 6) is -0.679. The number of ether oxygens (including phenoxy) is 2. The van der Waals surface area contributed by atoms with Crippen molar-refractivity contribution < 1.29 is 18.7 Å². The monoisotopic (exact) mass is 264 g/mol. The number of carbonyl (C=O) groups is 1. The lowest BCUT2D eigenvalue weighted by atomic mass is 9.79. The van der Waals surface area contributed by atoms with Crippen LogP contribution in [0.2, 0.25) is 0 Å². The fourth-order valence-electron chi connectivity index (χ4n) is 3.37. The molecule has 0 amide bonds. The molecule has 0 aromatic heterocycles. The Morgan fingerprint density at radius 2 is 2.05 bits per heavy atom. The first-order valence-electron chi connectivity index (χ1n) is 6.68. The molecule has 1 aromatic carbocycles. The lowest BCUT2D eigenvalue weighted by Gasteiger charge is -2.35. The largest absolute Gasteiger partial charge is 0.469 e. The summed E-state index contributed by atoms with van der Waals surface area (Å²) in [5, 5.41) is 0. The van der Waals surface area contributed by atoms with Gasteiger partial charge < -0.3 is 9.47 Å². The lowest BCUT2D eigenvalue weighted by molar-refractivity contribution is -0.156. The molecule has 0 radical (unpaired) electrons. The molecule has 3 rings (SSSR count). The van der Waals surface area contributed by atoms with Gasteiger partial charge in [0, 0.05) is 5.92 Å². The third-order valence-corrected chi connectivity index (χ3v) is 4.26. The SMILES string of the molecule is COC(=O)C1[C@@H]2CCC(C[C@H]1c1ccc(F)cc1)O2. The lowest BCUT2D eigenvalue weighted by Crippen LogP contribution is -2.39. The van der Waals surface area contributed by atoms with E-state index in [9.17, 15) is 9.18 Å². The second-order valence-corrected chi connectivity index (χ2v) is 5.32. The minimum atomic E-state index is -0.269. The number of carbonyl (C=O) groups excluding carboxylic acids is 1. The zero-order valence-electron chi connectivity index (χ0n) is 10.8. The van der Waals surface area contributed by atoms with Crippen LogP contribution in [0.4, 0.5) is 4.39 Å². The highest BCUT2D eigenvalue weighted by atomic mass is 19.1. The van der Waals surface area contributed by atoms with Crippen molar-refractivity contribution in [2.45, 2.75) is 37.4 Å². The highest BCUT2D eigenvalue weighted by Gasteiger charge is 2.47. The molecule has 19 heavy (non-hydrogen) atoms. The smallest absolute Gasteiger partial charge is 0.311 e. The Hall–Kier alpha value is -1.42. The first kappa shape index (κ1) is 12.6. The zero-order valence-corrected chi connectivity index (χ0v) is 10.8. The van der Waals surface area contributed by atoms with Gasteiger partial charge in [0.05, 0.1) is 25.2 Å². The van der Waals surface area contributed by atoms with E-state index in [0.29, 0.717) is 0 Å². The van der Waals surface area contributed by atoms with Crippen molar-refractivity contribution in [1.82, 2.24) is 0 Å². The number of halogens is 1. The summed E-state index contributed by atoms with van der Waals surface area (Å²) < 4.78 is 23.8. The minimum absolute atomic E-state index is 0.0544. The summed E-state index contributed by atoms with van der Waals surface area (Å²) >= 11 is 0. The average Bonchev–Trinajstić information content (AvgIpc) is 2.80. The van der Waals surface area contributed by atoms with Crippen LogP contribution in [0.3, 0.4) is 0 Å². The molecule has 4 heteroatoms. The molecule has 2 fully saturated rings. The molecular weight excluding hydrogens is 247 g/mol. The summed E-state index contributed by atoms with van der Waals surface area (Å²) in [7, 11) is 1.41. The number of benzene rings is 1. The zero-order chi connectivity index (χ0) is 13.4. The van der Waals surface area contributed by atoms with Gasteiger partial charge in [0.2, 0.25) is 0 Å². The Bertz CT molecular complexity index is 471. The minimum Gasteiger partial charge on any atom is -0.469 e. The van der Waals surface area contributed by atoms with E-state index in [1.165, 1.54) is 19.2 Å². The van der Waals surface area contributed by atoms with E-state index in [0.717, 1.165) is 24.8 Å². The molecule has 2 aliphatic heterocycles. The van der Waals surface area contributed by atoms with Gasteiger partial charge in [-0.3, -0.25) is 4.79 Å². The summed E-state index contributed by atoms with van der Waals surface area (Å²) in [6, 6.07) is 6.42. The molecular formula is C15H17FO3. The van der Waals surface area contributed by atoms with E-state index < -0.39 is 0 Å². The van der Waals surface area contributed by atoms with Gasteiger partial charge in [-0.05, 0) is 37.0 Å². The van der Waals surface area contributed by atoms with Crippen molar-refractivity contribution in [2.75, 3.05) is 7.11 Å². The topological polar surface area (TPSA) is 35.5 Å². The van der Waals surface area contributed by atoms with Crippen LogP contribution in [-0.4, -0.2) is 25.3 Å². The van der Waals surface area contributed by atoms with E-state index in [1.807, 2.05) is 0 Å².